The van der Waals surface area contributed by atoms with Crippen molar-refractivity contribution >= 4 is 23.2 Å². The number of rotatable bonds is 1. The number of nitrogens with zero attached hydrogens (tertiary/aromatic N) is 2. The molecule has 1 saturated heterocycles. The Hall–Kier alpha value is -0.640. The molecule has 1 fully saturated rings. The summed E-state index contributed by atoms with van der Waals surface area (Å²) in [5.74, 6) is 0.104. The molecule has 0 bridgehead atoms. The third-order valence-electron chi connectivity index (χ3n) is 1.69. The van der Waals surface area contributed by atoms with Gasteiger partial charge in [0, 0.05) is 13.1 Å². The monoisotopic (exact) mass is 172 g/mol. The number of carbonyl (C=O) groups excluding carboxylic acids is 1. The molecule has 1 aliphatic heterocycles. The molecule has 0 spiro atoms. The van der Waals surface area contributed by atoms with Crippen LogP contribution in [0, 0.1) is 0 Å². The SMILES string of the molecule is CC(C)N1C(=O)CN(C)C1=S. The normalized spacial score (nSPS) is 18.9. The summed E-state index contributed by atoms with van der Waals surface area (Å²) in [5.41, 5.74) is 0. The lowest BCUT2D eigenvalue weighted by atomic mass is 10.3. The average molecular weight is 172 g/mol. The Morgan fingerprint density at radius 1 is 1.55 bits per heavy atom. The van der Waals surface area contributed by atoms with Gasteiger partial charge in [-0.25, -0.2) is 0 Å². The minimum Gasteiger partial charge on any atom is -0.343 e. The molecule has 4 heteroatoms. The zero-order chi connectivity index (χ0) is 8.59. The maximum absolute atomic E-state index is 11.2. The van der Waals surface area contributed by atoms with Crippen LogP contribution < -0.4 is 0 Å². The molecule has 0 unspecified atom stereocenters. The van der Waals surface area contributed by atoms with Gasteiger partial charge in [-0.15, -0.1) is 0 Å². The molecule has 0 aliphatic carbocycles. The van der Waals surface area contributed by atoms with Gasteiger partial charge >= 0.3 is 0 Å². The van der Waals surface area contributed by atoms with Crippen LogP contribution in [0.2, 0.25) is 0 Å². The molecule has 0 aromatic heterocycles. The number of thiocarbonyl (C=S) groups is 1. The van der Waals surface area contributed by atoms with Crippen LogP contribution in [-0.4, -0.2) is 40.5 Å². The van der Waals surface area contributed by atoms with Gasteiger partial charge in [-0.3, -0.25) is 9.69 Å². The Bertz CT molecular complexity index is 203. The van der Waals surface area contributed by atoms with Crippen LogP contribution in [-0.2, 0) is 4.79 Å². The van der Waals surface area contributed by atoms with E-state index in [1.165, 1.54) is 0 Å². The van der Waals surface area contributed by atoms with Crippen molar-refractivity contribution in [2.45, 2.75) is 19.9 Å². The first-order valence-electron chi connectivity index (χ1n) is 3.61. The predicted molar refractivity (Wildman–Crippen MR) is 47.2 cm³/mol. The highest BCUT2D eigenvalue weighted by atomic mass is 32.1. The Morgan fingerprint density at radius 2 is 2.09 bits per heavy atom. The summed E-state index contributed by atoms with van der Waals surface area (Å²) >= 11 is 5.05. The molecule has 62 valence electrons. The molecule has 0 radical (unpaired) electrons. The molecular formula is C7H12N2OS. The third-order valence-corrected chi connectivity index (χ3v) is 2.20. The van der Waals surface area contributed by atoms with E-state index < -0.39 is 0 Å². The first kappa shape index (κ1) is 8.46. The van der Waals surface area contributed by atoms with Gasteiger partial charge in [0.1, 0.15) is 0 Å². The highest BCUT2D eigenvalue weighted by Crippen LogP contribution is 2.11. The van der Waals surface area contributed by atoms with Crippen LogP contribution >= 0.6 is 12.2 Å². The van der Waals surface area contributed by atoms with E-state index in [0.29, 0.717) is 11.7 Å². The fraction of sp³-hybridized carbons (Fsp3) is 0.714. The van der Waals surface area contributed by atoms with Crippen molar-refractivity contribution in [2.75, 3.05) is 13.6 Å². The smallest absolute Gasteiger partial charge is 0.248 e. The molecule has 0 N–H and O–H groups in total. The molecule has 1 heterocycles. The van der Waals surface area contributed by atoms with E-state index in [2.05, 4.69) is 0 Å². The topological polar surface area (TPSA) is 23.6 Å². The van der Waals surface area contributed by atoms with Crippen LogP contribution in [0.4, 0.5) is 0 Å². The Morgan fingerprint density at radius 3 is 2.27 bits per heavy atom. The van der Waals surface area contributed by atoms with E-state index in [4.69, 9.17) is 12.2 Å². The van der Waals surface area contributed by atoms with E-state index in [-0.39, 0.29) is 11.9 Å². The average Bonchev–Trinajstić information content (AvgIpc) is 2.07. The number of amides is 1. The molecule has 0 aromatic rings. The van der Waals surface area contributed by atoms with E-state index >= 15 is 0 Å². The van der Waals surface area contributed by atoms with Gasteiger partial charge in [0.05, 0.1) is 6.54 Å². The van der Waals surface area contributed by atoms with Crippen molar-refractivity contribution < 1.29 is 4.79 Å². The van der Waals surface area contributed by atoms with Crippen molar-refractivity contribution in [3.63, 3.8) is 0 Å². The minimum atomic E-state index is 0.104. The van der Waals surface area contributed by atoms with Gasteiger partial charge < -0.3 is 4.90 Å². The second-order valence-electron chi connectivity index (χ2n) is 3.00. The molecule has 1 aliphatic rings. The van der Waals surface area contributed by atoms with Crippen LogP contribution in [0.15, 0.2) is 0 Å². The number of carbonyl (C=O) groups is 1. The summed E-state index contributed by atoms with van der Waals surface area (Å²) in [7, 11) is 1.84. The summed E-state index contributed by atoms with van der Waals surface area (Å²) in [5, 5.41) is 0.644. The predicted octanol–water partition coefficient (Wildman–Crippen LogP) is 0.454. The van der Waals surface area contributed by atoms with E-state index in [1.54, 1.807) is 9.80 Å². The van der Waals surface area contributed by atoms with Crippen molar-refractivity contribution in [1.82, 2.24) is 9.80 Å². The largest absolute Gasteiger partial charge is 0.343 e. The lowest BCUT2D eigenvalue weighted by Crippen LogP contribution is -2.37. The van der Waals surface area contributed by atoms with Crippen LogP contribution in [0.5, 0.6) is 0 Å². The second-order valence-corrected chi connectivity index (χ2v) is 3.36. The number of likely N-dealkylation sites (N-methyl/N-ethyl adjacent to an activating group) is 1. The Labute approximate surface area is 72.0 Å². The summed E-state index contributed by atoms with van der Waals surface area (Å²) in [6.07, 6.45) is 0. The highest BCUT2D eigenvalue weighted by Gasteiger charge is 2.31. The lowest BCUT2D eigenvalue weighted by Gasteiger charge is -2.20. The molecule has 0 aromatic carbocycles. The van der Waals surface area contributed by atoms with Gasteiger partial charge in [0.15, 0.2) is 5.11 Å². The third kappa shape index (κ3) is 1.35. The van der Waals surface area contributed by atoms with Crippen LogP contribution in [0.3, 0.4) is 0 Å². The molecule has 1 amide bonds. The van der Waals surface area contributed by atoms with Crippen molar-refractivity contribution in [3.05, 3.63) is 0 Å². The van der Waals surface area contributed by atoms with Crippen molar-refractivity contribution in [3.8, 4) is 0 Å². The standard InChI is InChI=1S/C7H12N2OS/c1-5(2)9-6(10)4-8(3)7(9)11/h5H,4H2,1-3H3. The van der Waals surface area contributed by atoms with E-state index in [9.17, 15) is 4.79 Å². The first-order chi connectivity index (χ1) is 5.04. The molecule has 3 nitrogen and oxygen atoms in total. The van der Waals surface area contributed by atoms with Crippen LogP contribution in [0.25, 0.3) is 0 Å². The van der Waals surface area contributed by atoms with E-state index in [0.717, 1.165) is 0 Å². The first-order valence-corrected chi connectivity index (χ1v) is 4.02. The minimum absolute atomic E-state index is 0.104. The highest BCUT2D eigenvalue weighted by molar-refractivity contribution is 7.80. The van der Waals surface area contributed by atoms with Crippen molar-refractivity contribution in [1.29, 1.82) is 0 Å². The molecule has 1 rings (SSSR count). The molecular weight excluding hydrogens is 160 g/mol. The molecule has 11 heavy (non-hydrogen) atoms. The Balaban J connectivity index is 2.80. The van der Waals surface area contributed by atoms with Gasteiger partial charge in [0.25, 0.3) is 0 Å². The van der Waals surface area contributed by atoms with Crippen molar-refractivity contribution in [2.24, 2.45) is 0 Å². The molecule has 0 saturated carbocycles. The summed E-state index contributed by atoms with van der Waals surface area (Å²) in [6.45, 7) is 4.35. The maximum Gasteiger partial charge on any atom is 0.248 e. The zero-order valence-corrected chi connectivity index (χ0v) is 7.81. The lowest BCUT2D eigenvalue weighted by molar-refractivity contribution is -0.125. The fourth-order valence-electron chi connectivity index (χ4n) is 1.15. The van der Waals surface area contributed by atoms with Gasteiger partial charge in [-0.05, 0) is 26.1 Å². The quantitative estimate of drug-likeness (QED) is 0.537. The fourth-order valence-corrected chi connectivity index (χ4v) is 1.52. The van der Waals surface area contributed by atoms with Crippen LogP contribution in [0.1, 0.15) is 13.8 Å². The Kier molecular flexibility index (Phi) is 2.13. The number of hydrogen-bond donors (Lipinski definition) is 0. The maximum atomic E-state index is 11.2. The van der Waals surface area contributed by atoms with Gasteiger partial charge in [0.2, 0.25) is 5.91 Å². The molecule has 0 atom stereocenters. The second kappa shape index (κ2) is 2.77. The zero-order valence-electron chi connectivity index (χ0n) is 7.00. The number of hydrogen-bond acceptors (Lipinski definition) is 2. The van der Waals surface area contributed by atoms with E-state index in [1.807, 2.05) is 20.9 Å². The summed E-state index contributed by atoms with van der Waals surface area (Å²) < 4.78 is 0. The summed E-state index contributed by atoms with van der Waals surface area (Å²) in [6, 6.07) is 0.181. The van der Waals surface area contributed by atoms with Gasteiger partial charge in [-0.1, -0.05) is 0 Å². The summed E-state index contributed by atoms with van der Waals surface area (Å²) in [4.78, 5) is 14.7. The van der Waals surface area contributed by atoms with Gasteiger partial charge in [-0.2, -0.15) is 0 Å².